The minimum absolute atomic E-state index is 0.0206. The van der Waals surface area contributed by atoms with E-state index in [1.807, 2.05) is 6.92 Å². The summed E-state index contributed by atoms with van der Waals surface area (Å²) >= 11 is 0. The first kappa shape index (κ1) is 36.2. The number of likely N-dealkylation sites (N-methyl/N-ethyl adjacent to an activating group) is 1. The maximum atomic E-state index is 12.7. The summed E-state index contributed by atoms with van der Waals surface area (Å²) in [7, 11) is 4.21. The Morgan fingerprint density at radius 1 is 0.675 bits per heavy atom. The highest BCUT2D eigenvalue weighted by Gasteiger charge is 2.23. The topological polar surface area (TPSA) is 164 Å². The lowest BCUT2D eigenvalue weighted by atomic mass is 10.3. The molecule has 0 aliphatic carbocycles. The van der Waals surface area contributed by atoms with Crippen molar-refractivity contribution in [1.82, 2.24) is 9.80 Å². The summed E-state index contributed by atoms with van der Waals surface area (Å²) in [5, 5.41) is 0. The Morgan fingerprint density at radius 2 is 1.18 bits per heavy atom. The Kier molecular flexibility index (Phi) is 19.1. The molecule has 0 rings (SSSR count). The second-order valence-corrected chi connectivity index (χ2v) is 8.24. The Bertz CT molecular complexity index is 900. The third-order valence-corrected chi connectivity index (χ3v) is 4.84. The number of rotatable bonds is 19. The lowest BCUT2D eigenvalue weighted by Gasteiger charge is -2.25. The van der Waals surface area contributed by atoms with E-state index in [9.17, 15) is 28.8 Å². The molecule has 0 saturated carbocycles. The maximum Gasteiger partial charge on any atom is 0.331 e. The summed E-state index contributed by atoms with van der Waals surface area (Å²) in [5.74, 6) is -4.09. The van der Waals surface area contributed by atoms with Crippen LogP contribution in [0.3, 0.4) is 0 Å². The largest absolute Gasteiger partial charge is 0.466 e. The van der Waals surface area contributed by atoms with Crippen LogP contribution in [0.4, 0.5) is 0 Å². The summed E-state index contributed by atoms with van der Waals surface area (Å²) in [6.07, 6.45) is 1.78. The molecule has 2 unspecified atom stereocenters. The molecule has 0 bridgehead atoms. The zero-order valence-electron chi connectivity index (χ0n) is 23.9. The van der Waals surface area contributed by atoms with Crippen LogP contribution >= 0.6 is 0 Å². The van der Waals surface area contributed by atoms with Gasteiger partial charge in [-0.25, -0.2) is 19.2 Å². The van der Waals surface area contributed by atoms with Gasteiger partial charge in [0.05, 0.1) is 26.9 Å². The van der Waals surface area contributed by atoms with E-state index in [0.717, 1.165) is 31.4 Å². The number of hydrogen-bond donors (Lipinski definition) is 0. The Labute approximate surface area is 234 Å². The smallest absolute Gasteiger partial charge is 0.331 e. The standard InChI is InChI=1S/C26H40N2O12/c1-7-36-17-13-28(26(34)20(3)40-23(31)11-9-21(29)35-6)14-18-37-15-8-16-38-22(30)10-12-24(32)39-19(2)25(33)27(4)5/h9-12,19-20H,7-8,13-18H2,1-6H3/b11-9+,12-10+. The van der Waals surface area contributed by atoms with Crippen LogP contribution in [0.1, 0.15) is 27.2 Å². The normalized spacial score (nSPS) is 12.4. The van der Waals surface area contributed by atoms with Gasteiger partial charge >= 0.3 is 23.9 Å². The van der Waals surface area contributed by atoms with Crippen molar-refractivity contribution < 1.29 is 57.2 Å². The molecule has 226 valence electrons. The van der Waals surface area contributed by atoms with Gasteiger partial charge < -0.3 is 38.2 Å². The molecule has 0 radical (unpaired) electrons. The maximum absolute atomic E-state index is 12.7. The van der Waals surface area contributed by atoms with E-state index < -0.39 is 47.9 Å². The summed E-state index contributed by atoms with van der Waals surface area (Å²) in [4.78, 5) is 73.5. The number of carbonyl (C=O) groups excluding carboxylic acids is 6. The van der Waals surface area contributed by atoms with Gasteiger partial charge in [-0.2, -0.15) is 0 Å². The van der Waals surface area contributed by atoms with Gasteiger partial charge in [-0.15, -0.1) is 0 Å². The molecule has 0 saturated heterocycles. The fourth-order valence-electron chi connectivity index (χ4n) is 2.80. The third-order valence-electron chi connectivity index (χ3n) is 4.84. The van der Waals surface area contributed by atoms with Crippen LogP contribution in [0.5, 0.6) is 0 Å². The molecule has 14 nitrogen and oxygen atoms in total. The minimum Gasteiger partial charge on any atom is -0.466 e. The van der Waals surface area contributed by atoms with Gasteiger partial charge in [0.1, 0.15) is 0 Å². The molecule has 14 heteroatoms. The monoisotopic (exact) mass is 572 g/mol. The quantitative estimate of drug-likeness (QED) is 0.0884. The average molecular weight is 573 g/mol. The zero-order chi connectivity index (χ0) is 30.5. The third kappa shape index (κ3) is 16.9. The highest BCUT2D eigenvalue weighted by molar-refractivity contribution is 5.94. The van der Waals surface area contributed by atoms with Gasteiger partial charge in [-0.05, 0) is 20.8 Å². The van der Waals surface area contributed by atoms with E-state index in [4.69, 9.17) is 23.7 Å². The van der Waals surface area contributed by atoms with Crippen molar-refractivity contribution in [2.75, 3.05) is 67.3 Å². The van der Waals surface area contributed by atoms with Crippen LogP contribution in [-0.4, -0.2) is 125 Å². The average Bonchev–Trinajstić information content (AvgIpc) is 2.92. The molecule has 0 spiro atoms. The van der Waals surface area contributed by atoms with Gasteiger partial charge in [0, 0.05) is 71.1 Å². The Balaban J connectivity index is 4.45. The summed E-state index contributed by atoms with van der Waals surface area (Å²) in [5.41, 5.74) is 0. The molecule has 40 heavy (non-hydrogen) atoms. The molecule has 2 amide bonds. The van der Waals surface area contributed by atoms with Crippen molar-refractivity contribution in [2.45, 2.75) is 39.4 Å². The Hall–Kier alpha value is -3.78. The number of amides is 2. The van der Waals surface area contributed by atoms with Crippen molar-refractivity contribution in [1.29, 1.82) is 0 Å². The van der Waals surface area contributed by atoms with Crippen LogP contribution in [0, 0.1) is 0 Å². The molecule has 0 heterocycles. The van der Waals surface area contributed by atoms with Crippen LogP contribution in [-0.2, 0) is 57.2 Å². The number of hydrogen-bond acceptors (Lipinski definition) is 12. The lowest BCUT2D eigenvalue weighted by Crippen LogP contribution is -2.43. The fourth-order valence-corrected chi connectivity index (χ4v) is 2.80. The number of nitrogens with zero attached hydrogens (tertiary/aromatic N) is 2. The van der Waals surface area contributed by atoms with E-state index in [-0.39, 0.29) is 39.5 Å². The highest BCUT2D eigenvalue weighted by Crippen LogP contribution is 2.03. The first-order chi connectivity index (χ1) is 18.9. The van der Waals surface area contributed by atoms with Crippen LogP contribution in [0.25, 0.3) is 0 Å². The highest BCUT2D eigenvalue weighted by atomic mass is 16.6. The molecule has 0 aliphatic heterocycles. The van der Waals surface area contributed by atoms with Crippen LogP contribution in [0.15, 0.2) is 24.3 Å². The van der Waals surface area contributed by atoms with Crippen molar-refractivity contribution in [3.05, 3.63) is 24.3 Å². The zero-order valence-corrected chi connectivity index (χ0v) is 23.9. The molecule has 0 aliphatic rings. The predicted octanol–water partition coefficient (Wildman–Crippen LogP) is 0.0384. The summed E-state index contributed by atoms with van der Waals surface area (Å²) in [6.45, 7) is 6.21. The molecule has 0 aromatic carbocycles. The minimum atomic E-state index is -1.11. The SMILES string of the molecule is CCOCCN(CCOCCCOC(=O)/C=C/C(=O)OC(C)C(=O)N(C)C)C(=O)C(C)OC(=O)/C=C/C(=O)OC. The second kappa shape index (κ2) is 21.1. The van der Waals surface area contributed by atoms with E-state index in [1.54, 1.807) is 0 Å². The van der Waals surface area contributed by atoms with Gasteiger partial charge in [0.15, 0.2) is 12.2 Å². The fraction of sp³-hybridized carbons (Fsp3) is 0.615. The van der Waals surface area contributed by atoms with Crippen LogP contribution in [0.2, 0.25) is 0 Å². The van der Waals surface area contributed by atoms with Crippen molar-refractivity contribution in [3.8, 4) is 0 Å². The van der Waals surface area contributed by atoms with Crippen molar-refractivity contribution in [2.24, 2.45) is 0 Å². The van der Waals surface area contributed by atoms with Crippen molar-refractivity contribution >= 4 is 35.7 Å². The molecule has 0 fully saturated rings. The van der Waals surface area contributed by atoms with Gasteiger partial charge in [0.25, 0.3) is 11.8 Å². The molecule has 0 N–H and O–H groups in total. The first-order valence-corrected chi connectivity index (χ1v) is 12.6. The summed E-state index contributed by atoms with van der Waals surface area (Å²) < 4.78 is 30.1. The van der Waals surface area contributed by atoms with E-state index in [1.165, 1.54) is 37.7 Å². The van der Waals surface area contributed by atoms with E-state index >= 15 is 0 Å². The van der Waals surface area contributed by atoms with Gasteiger partial charge in [0.2, 0.25) is 0 Å². The molecular weight excluding hydrogens is 532 g/mol. The molecule has 2 atom stereocenters. The molecular formula is C26H40N2O12. The van der Waals surface area contributed by atoms with Gasteiger partial charge in [-0.1, -0.05) is 0 Å². The van der Waals surface area contributed by atoms with E-state index in [2.05, 4.69) is 4.74 Å². The number of ether oxygens (including phenoxy) is 6. The number of methoxy groups -OCH3 is 1. The Morgan fingerprint density at radius 3 is 1.70 bits per heavy atom. The lowest BCUT2D eigenvalue weighted by molar-refractivity contribution is -0.156. The molecule has 0 aromatic heterocycles. The van der Waals surface area contributed by atoms with Crippen molar-refractivity contribution in [3.63, 3.8) is 0 Å². The van der Waals surface area contributed by atoms with Gasteiger partial charge in [-0.3, -0.25) is 9.59 Å². The number of carbonyl (C=O) groups is 6. The van der Waals surface area contributed by atoms with E-state index in [0.29, 0.717) is 13.0 Å². The second-order valence-electron chi connectivity index (χ2n) is 8.24. The number of esters is 4. The van der Waals surface area contributed by atoms with Crippen LogP contribution < -0.4 is 0 Å². The first-order valence-electron chi connectivity index (χ1n) is 12.6. The molecule has 0 aromatic rings. The predicted molar refractivity (Wildman–Crippen MR) is 140 cm³/mol. The summed E-state index contributed by atoms with van der Waals surface area (Å²) in [6, 6.07) is 0.